The lowest BCUT2D eigenvalue weighted by molar-refractivity contribution is -0.173. The highest BCUT2D eigenvalue weighted by Crippen LogP contribution is 2.54. The number of carbonyl (C=O) groups excluding carboxylic acids is 3. The van der Waals surface area contributed by atoms with Crippen LogP contribution in [0.5, 0.6) is 5.75 Å². The summed E-state index contributed by atoms with van der Waals surface area (Å²) in [6, 6.07) is 5.48. The first kappa shape index (κ1) is 27.8. The second kappa shape index (κ2) is 8.99. The Morgan fingerprint density at radius 2 is 1.56 bits per heavy atom. The highest BCUT2D eigenvalue weighted by Gasteiger charge is 2.64. The fourth-order valence-corrected chi connectivity index (χ4v) is 4.72. The summed E-state index contributed by atoms with van der Waals surface area (Å²) in [5, 5.41) is -0.0265. The van der Waals surface area contributed by atoms with Gasteiger partial charge in [0, 0.05) is 12.5 Å². The van der Waals surface area contributed by atoms with E-state index in [2.05, 4.69) is 33.9 Å². The fourth-order valence-electron chi connectivity index (χ4n) is 3.70. The topological polar surface area (TPSA) is 78.9 Å². The first-order valence-electron chi connectivity index (χ1n) is 11.8. The van der Waals surface area contributed by atoms with Crippen molar-refractivity contribution in [3.63, 3.8) is 0 Å². The summed E-state index contributed by atoms with van der Waals surface area (Å²) in [5.41, 5.74) is -1.29. The summed E-state index contributed by atoms with van der Waals surface area (Å²) in [5.74, 6) is -0.409. The summed E-state index contributed by atoms with van der Waals surface area (Å²) < 4.78 is 18.4. The fraction of sp³-hybridized carbons (Fsp3) is 0.593. The minimum absolute atomic E-state index is 0.0265. The Labute approximate surface area is 205 Å². The van der Waals surface area contributed by atoms with Gasteiger partial charge in [-0.1, -0.05) is 26.8 Å². The molecule has 0 spiro atoms. The van der Waals surface area contributed by atoms with Crippen LogP contribution >= 0.6 is 0 Å². The number of carbonyl (C=O) groups is 3. The van der Waals surface area contributed by atoms with E-state index in [4.69, 9.17) is 13.9 Å². The molecule has 1 aliphatic rings. The SMILES string of the molecule is CC(=O)OC1(c2cc(C)cc(O[Si](C)(C)C(C)(C)C)c2)C(=O)C(C(C)(C)C(C)=O)=C1OC(C)C. The summed E-state index contributed by atoms with van der Waals surface area (Å²) in [6.45, 7) is 22.4. The van der Waals surface area contributed by atoms with Crippen molar-refractivity contribution in [3.8, 4) is 5.75 Å². The molecule has 1 aromatic rings. The molecule has 2 rings (SSSR count). The Bertz CT molecular complexity index is 1040. The summed E-state index contributed by atoms with van der Waals surface area (Å²) in [7, 11) is -2.17. The number of ether oxygens (including phenoxy) is 2. The van der Waals surface area contributed by atoms with E-state index in [9.17, 15) is 14.4 Å². The van der Waals surface area contributed by atoms with Gasteiger partial charge < -0.3 is 13.9 Å². The summed E-state index contributed by atoms with van der Waals surface area (Å²) in [6.07, 6.45) is -0.302. The lowest BCUT2D eigenvalue weighted by atomic mass is 9.62. The zero-order chi connectivity index (χ0) is 26.4. The molecule has 1 aliphatic carbocycles. The standard InChI is InChI=1S/C27H40O6Si/c1-16(2)31-24-22(26(9,10)18(4)28)23(30)27(24,32-19(5)29)20-13-17(3)14-21(15-20)33-34(11,12)25(6,7)8/h13-16H,1-12H3. The maximum atomic E-state index is 13.8. The Balaban J connectivity index is 2.81. The van der Waals surface area contributed by atoms with Crippen LogP contribution in [0.25, 0.3) is 0 Å². The number of hydrogen-bond acceptors (Lipinski definition) is 6. The quantitative estimate of drug-likeness (QED) is 0.329. The highest BCUT2D eigenvalue weighted by molar-refractivity contribution is 6.74. The van der Waals surface area contributed by atoms with Crippen molar-refractivity contribution in [2.24, 2.45) is 5.41 Å². The van der Waals surface area contributed by atoms with Crippen LogP contribution in [0.1, 0.15) is 73.4 Å². The minimum atomic E-state index is -2.17. The normalized spacial score (nSPS) is 19.1. The molecule has 1 atom stereocenters. The smallest absolute Gasteiger partial charge is 0.304 e. The zero-order valence-electron chi connectivity index (χ0n) is 22.8. The number of esters is 1. The summed E-state index contributed by atoms with van der Waals surface area (Å²) >= 11 is 0. The van der Waals surface area contributed by atoms with Gasteiger partial charge in [0.2, 0.25) is 14.1 Å². The number of benzene rings is 1. The number of aryl methyl sites for hydroxylation is 1. The highest BCUT2D eigenvalue weighted by atomic mass is 28.4. The largest absolute Gasteiger partial charge is 0.543 e. The molecule has 0 fully saturated rings. The minimum Gasteiger partial charge on any atom is -0.543 e. The third-order valence-corrected chi connectivity index (χ3v) is 11.2. The molecular formula is C27H40O6Si. The molecule has 0 aliphatic heterocycles. The van der Waals surface area contributed by atoms with Gasteiger partial charge in [-0.3, -0.25) is 14.4 Å². The lowest BCUT2D eigenvalue weighted by Crippen LogP contribution is -2.56. The van der Waals surface area contributed by atoms with E-state index in [1.807, 2.05) is 26.8 Å². The number of ketones is 2. The van der Waals surface area contributed by atoms with Gasteiger partial charge in [0.25, 0.3) is 5.60 Å². The van der Waals surface area contributed by atoms with E-state index in [1.54, 1.807) is 26.0 Å². The van der Waals surface area contributed by atoms with Crippen LogP contribution < -0.4 is 4.43 Å². The monoisotopic (exact) mass is 488 g/mol. The third kappa shape index (κ3) is 4.85. The van der Waals surface area contributed by atoms with Crippen LogP contribution in [0.15, 0.2) is 29.5 Å². The number of Topliss-reactive ketones (excluding diaryl/α,β-unsaturated/α-hetero) is 2. The van der Waals surface area contributed by atoms with E-state index in [0.29, 0.717) is 11.3 Å². The summed E-state index contributed by atoms with van der Waals surface area (Å²) in [4.78, 5) is 38.5. The van der Waals surface area contributed by atoms with Crippen molar-refractivity contribution in [2.45, 2.75) is 99.1 Å². The average Bonchev–Trinajstić information content (AvgIpc) is 2.63. The van der Waals surface area contributed by atoms with E-state index >= 15 is 0 Å². The molecule has 0 radical (unpaired) electrons. The molecule has 0 aromatic heterocycles. The van der Waals surface area contributed by atoms with Crippen molar-refractivity contribution in [3.05, 3.63) is 40.7 Å². The van der Waals surface area contributed by atoms with Crippen molar-refractivity contribution in [1.29, 1.82) is 0 Å². The molecule has 0 bridgehead atoms. The Hall–Kier alpha value is -2.41. The van der Waals surface area contributed by atoms with Crippen molar-refractivity contribution in [2.75, 3.05) is 0 Å². The maximum absolute atomic E-state index is 13.8. The molecule has 1 unspecified atom stereocenters. The molecular weight excluding hydrogens is 448 g/mol. The second-order valence-electron chi connectivity index (χ2n) is 11.6. The molecule has 0 saturated carbocycles. The van der Waals surface area contributed by atoms with E-state index in [-0.39, 0.29) is 28.3 Å². The van der Waals surface area contributed by atoms with Crippen molar-refractivity contribution in [1.82, 2.24) is 0 Å². The molecule has 0 saturated heterocycles. The van der Waals surface area contributed by atoms with Crippen LogP contribution in [0.4, 0.5) is 0 Å². The molecule has 0 N–H and O–H groups in total. The van der Waals surface area contributed by atoms with Gasteiger partial charge >= 0.3 is 5.97 Å². The molecule has 0 heterocycles. The third-order valence-electron chi connectivity index (χ3n) is 6.89. The van der Waals surface area contributed by atoms with Gasteiger partial charge in [0.05, 0.1) is 17.1 Å². The van der Waals surface area contributed by atoms with Crippen LogP contribution in [0.2, 0.25) is 18.1 Å². The Morgan fingerprint density at radius 1 is 1.00 bits per heavy atom. The Morgan fingerprint density at radius 3 is 2.00 bits per heavy atom. The first-order chi connectivity index (χ1) is 15.3. The zero-order valence-corrected chi connectivity index (χ0v) is 23.8. The molecule has 6 nitrogen and oxygen atoms in total. The molecule has 1 aromatic carbocycles. The average molecular weight is 489 g/mol. The van der Waals surface area contributed by atoms with Crippen LogP contribution in [-0.2, 0) is 29.5 Å². The van der Waals surface area contributed by atoms with Crippen LogP contribution in [0.3, 0.4) is 0 Å². The van der Waals surface area contributed by atoms with Gasteiger partial charge in [-0.25, -0.2) is 0 Å². The van der Waals surface area contributed by atoms with Gasteiger partial charge in [0.15, 0.2) is 5.76 Å². The predicted molar refractivity (Wildman–Crippen MR) is 135 cm³/mol. The van der Waals surface area contributed by atoms with E-state index in [0.717, 1.165) is 5.56 Å². The van der Waals surface area contributed by atoms with Gasteiger partial charge in [0.1, 0.15) is 11.5 Å². The first-order valence-corrected chi connectivity index (χ1v) is 14.7. The number of hydrogen-bond donors (Lipinski definition) is 0. The van der Waals surface area contributed by atoms with E-state index < -0.39 is 31.1 Å². The lowest BCUT2D eigenvalue weighted by Gasteiger charge is -2.47. The predicted octanol–water partition coefficient (Wildman–Crippen LogP) is 6.01. The second-order valence-corrected chi connectivity index (χ2v) is 16.3. The number of rotatable bonds is 8. The van der Waals surface area contributed by atoms with Crippen LogP contribution in [-0.4, -0.2) is 32.0 Å². The molecule has 7 heteroatoms. The van der Waals surface area contributed by atoms with Gasteiger partial charge in [-0.2, -0.15) is 0 Å². The molecule has 34 heavy (non-hydrogen) atoms. The van der Waals surface area contributed by atoms with Gasteiger partial charge in [-0.15, -0.1) is 0 Å². The molecule has 188 valence electrons. The maximum Gasteiger partial charge on any atom is 0.304 e. The van der Waals surface area contributed by atoms with Crippen molar-refractivity contribution < 1.29 is 28.3 Å². The van der Waals surface area contributed by atoms with Crippen molar-refractivity contribution >= 4 is 25.9 Å². The Kier molecular flexibility index (Phi) is 7.35. The molecule has 0 amide bonds. The van der Waals surface area contributed by atoms with Crippen LogP contribution in [0, 0.1) is 12.3 Å². The van der Waals surface area contributed by atoms with Gasteiger partial charge in [-0.05, 0) is 77.4 Å². The van der Waals surface area contributed by atoms with E-state index in [1.165, 1.54) is 13.8 Å².